The summed E-state index contributed by atoms with van der Waals surface area (Å²) in [6, 6.07) is 15.0. The van der Waals surface area contributed by atoms with Gasteiger partial charge in [0.25, 0.3) is 0 Å². The molecular weight excluding hydrogens is 220 g/mol. The van der Waals surface area contributed by atoms with Gasteiger partial charge < -0.3 is 4.90 Å². The monoisotopic (exact) mass is 238 g/mol. The molecule has 0 bridgehead atoms. The van der Waals surface area contributed by atoms with Crippen LogP contribution in [-0.2, 0) is 0 Å². The van der Waals surface area contributed by atoms with Gasteiger partial charge in [-0.1, -0.05) is 30.3 Å². The van der Waals surface area contributed by atoms with Gasteiger partial charge in [-0.05, 0) is 36.5 Å². The van der Waals surface area contributed by atoms with Crippen LogP contribution in [0.4, 0.5) is 5.69 Å². The standard InChI is InChI=1S/C16H18N2/c1-2-5-14(6-3-1)15-8-11-18(12-9-15)16-7-4-10-17-13-16/h1-7,10,13,15H,8-9,11-12H2. The quantitative estimate of drug-likeness (QED) is 0.796. The topological polar surface area (TPSA) is 16.1 Å². The van der Waals surface area contributed by atoms with Crippen LogP contribution >= 0.6 is 0 Å². The number of rotatable bonds is 2. The fourth-order valence-corrected chi connectivity index (χ4v) is 2.74. The van der Waals surface area contributed by atoms with Gasteiger partial charge in [0.1, 0.15) is 0 Å². The lowest BCUT2D eigenvalue weighted by atomic mass is 9.89. The molecule has 1 aliphatic heterocycles. The van der Waals surface area contributed by atoms with Gasteiger partial charge in [0.05, 0.1) is 11.9 Å². The Labute approximate surface area is 108 Å². The Morgan fingerprint density at radius 2 is 1.72 bits per heavy atom. The summed E-state index contributed by atoms with van der Waals surface area (Å²) in [5, 5.41) is 0. The normalized spacial score (nSPS) is 16.8. The van der Waals surface area contributed by atoms with Crippen LogP contribution in [0.15, 0.2) is 54.9 Å². The second-order valence-corrected chi connectivity index (χ2v) is 4.88. The number of nitrogens with zero attached hydrogens (tertiary/aromatic N) is 2. The van der Waals surface area contributed by atoms with Crippen molar-refractivity contribution in [3.05, 3.63) is 60.4 Å². The van der Waals surface area contributed by atoms with E-state index in [1.165, 1.54) is 24.1 Å². The number of piperidine rings is 1. The Hall–Kier alpha value is -1.83. The summed E-state index contributed by atoms with van der Waals surface area (Å²) >= 11 is 0. The van der Waals surface area contributed by atoms with Gasteiger partial charge in [0, 0.05) is 19.3 Å². The summed E-state index contributed by atoms with van der Waals surface area (Å²) in [5.74, 6) is 0.721. The highest BCUT2D eigenvalue weighted by Gasteiger charge is 2.20. The zero-order valence-corrected chi connectivity index (χ0v) is 10.5. The molecule has 1 fully saturated rings. The third-order valence-corrected chi connectivity index (χ3v) is 3.78. The first-order valence-electron chi connectivity index (χ1n) is 6.63. The van der Waals surface area contributed by atoms with Crippen molar-refractivity contribution in [1.29, 1.82) is 0 Å². The van der Waals surface area contributed by atoms with Crippen molar-refractivity contribution < 1.29 is 0 Å². The summed E-state index contributed by atoms with van der Waals surface area (Å²) in [6.07, 6.45) is 6.26. The van der Waals surface area contributed by atoms with Crippen LogP contribution in [0, 0.1) is 0 Å². The van der Waals surface area contributed by atoms with Crippen molar-refractivity contribution in [2.24, 2.45) is 0 Å². The predicted molar refractivity (Wildman–Crippen MR) is 74.9 cm³/mol. The first kappa shape index (κ1) is 11.3. The summed E-state index contributed by atoms with van der Waals surface area (Å²) in [4.78, 5) is 6.63. The van der Waals surface area contributed by atoms with E-state index in [2.05, 4.69) is 46.3 Å². The molecule has 0 N–H and O–H groups in total. The van der Waals surface area contributed by atoms with Crippen molar-refractivity contribution in [2.45, 2.75) is 18.8 Å². The van der Waals surface area contributed by atoms with E-state index in [0.29, 0.717) is 0 Å². The number of hydrogen-bond donors (Lipinski definition) is 0. The minimum atomic E-state index is 0.721. The summed E-state index contributed by atoms with van der Waals surface area (Å²) in [6.45, 7) is 2.26. The van der Waals surface area contributed by atoms with Gasteiger partial charge in [-0.15, -0.1) is 0 Å². The molecule has 3 rings (SSSR count). The minimum absolute atomic E-state index is 0.721. The largest absolute Gasteiger partial charge is 0.370 e. The number of hydrogen-bond acceptors (Lipinski definition) is 2. The van der Waals surface area contributed by atoms with E-state index in [0.717, 1.165) is 19.0 Å². The van der Waals surface area contributed by atoms with Crippen LogP contribution in [0.1, 0.15) is 24.3 Å². The van der Waals surface area contributed by atoms with E-state index in [4.69, 9.17) is 0 Å². The molecule has 0 atom stereocenters. The van der Waals surface area contributed by atoms with Crippen molar-refractivity contribution in [3.63, 3.8) is 0 Å². The SMILES string of the molecule is c1ccc(C2CCN(c3cccnc3)CC2)cc1. The van der Waals surface area contributed by atoms with Gasteiger partial charge in [-0.2, -0.15) is 0 Å². The molecule has 0 radical (unpaired) electrons. The van der Waals surface area contributed by atoms with E-state index in [1.54, 1.807) is 0 Å². The van der Waals surface area contributed by atoms with Gasteiger partial charge >= 0.3 is 0 Å². The van der Waals surface area contributed by atoms with Crippen molar-refractivity contribution >= 4 is 5.69 Å². The van der Waals surface area contributed by atoms with Gasteiger partial charge in [0.15, 0.2) is 0 Å². The molecule has 0 amide bonds. The zero-order chi connectivity index (χ0) is 12.2. The maximum absolute atomic E-state index is 4.20. The molecule has 0 saturated carbocycles. The first-order valence-corrected chi connectivity index (χ1v) is 6.63. The molecule has 2 heterocycles. The van der Waals surface area contributed by atoms with Crippen LogP contribution in [-0.4, -0.2) is 18.1 Å². The van der Waals surface area contributed by atoms with Crippen LogP contribution in [0.2, 0.25) is 0 Å². The molecule has 92 valence electrons. The second kappa shape index (κ2) is 5.21. The minimum Gasteiger partial charge on any atom is -0.370 e. The van der Waals surface area contributed by atoms with E-state index >= 15 is 0 Å². The number of pyridine rings is 1. The highest BCUT2D eigenvalue weighted by molar-refractivity contribution is 5.44. The summed E-state index contributed by atoms with van der Waals surface area (Å²) in [7, 11) is 0. The Balaban J connectivity index is 1.65. The molecule has 0 spiro atoms. The van der Waals surface area contributed by atoms with E-state index in [1.807, 2.05) is 18.5 Å². The van der Waals surface area contributed by atoms with E-state index < -0.39 is 0 Å². The summed E-state index contributed by atoms with van der Waals surface area (Å²) < 4.78 is 0. The molecule has 0 aliphatic carbocycles. The first-order chi connectivity index (χ1) is 8.93. The number of anilines is 1. The van der Waals surface area contributed by atoms with Crippen molar-refractivity contribution in [2.75, 3.05) is 18.0 Å². The highest BCUT2D eigenvalue weighted by Crippen LogP contribution is 2.29. The maximum Gasteiger partial charge on any atom is 0.0552 e. The Morgan fingerprint density at radius 1 is 0.944 bits per heavy atom. The van der Waals surface area contributed by atoms with Crippen LogP contribution in [0.25, 0.3) is 0 Å². The van der Waals surface area contributed by atoms with Crippen molar-refractivity contribution in [3.8, 4) is 0 Å². The molecule has 0 unspecified atom stereocenters. The number of aromatic nitrogens is 1. The molecule has 2 aromatic rings. The van der Waals surface area contributed by atoms with Gasteiger partial charge in [-0.3, -0.25) is 4.98 Å². The highest BCUT2D eigenvalue weighted by atomic mass is 15.1. The Kier molecular flexibility index (Phi) is 3.26. The van der Waals surface area contributed by atoms with Crippen LogP contribution in [0.3, 0.4) is 0 Å². The fraction of sp³-hybridized carbons (Fsp3) is 0.312. The van der Waals surface area contributed by atoms with E-state index in [9.17, 15) is 0 Å². The van der Waals surface area contributed by atoms with Crippen LogP contribution in [0.5, 0.6) is 0 Å². The molecule has 2 nitrogen and oxygen atoms in total. The lowest BCUT2D eigenvalue weighted by Gasteiger charge is -2.33. The second-order valence-electron chi connectivity index (χ2n) is 4.88. The zero-order valence-electron chi connectivity index (χ0n) is 10.5. The van der Waals surface area contributed by atoms with Gasteiger partial charge in [-0.25, -0.2) is 0 Å². The number of benzene rings is 1. The average molecular weight is 238 g/mol. The Bertz CT molecular complexity index is 425. The molecule has 1 aliphatic rings. The molecule has 2 heteroatoms. The van der Waals surface area contributed by atoms with Gasteiger partial charge in [0.2, 0.25) is 0 Å². The Morgan fingerprint density at radius 3 is 2.39 bits per heavy atom. The fourth-order valence-electron chi connectivity index (χ4n) is 2.74. The average Bonchev–Trinajstić information content (AvgIpc) is 2.49. The molecule has 1 saturated heterocycles. The smallest absolute Gasteiger partial charge is 0.0552 e. The maximum atomic E-state index is 4.20. The molecule has 1 aromatic heterocycles. The molecule has 1 aromatic carbocycles. The molecular formula is C16H18N2. The molecule has 18 heavy (non-hydrogen) atoms. The lowest BCUT2D eigenvalue weighted by Crippen LogP contribution is -2.32. The summed E-state index contributed by atoms with van der Waals surface area (Å²) in [5.41, 5.74) is 2.74. The third kappa shape index (κ3) is 2.37. The van der Waals surface area contributed by atoms with Crippen molar-refractivity contribution in [1.82, 2.24) is 4.98 Å². The lowest BCUT2D eigenvalue weighted by molar-refractivity contribution is 0.505. The van der Waals surface area contributed by atoms with Crippen LogP contribution < -0.4 is 4.90 Å². The third-order valence-electron chi connectivity index (χ3n) is 3.78. The van der Waals surface area contributed by atoms with E-state index in [-0.39, 0.29) is 0 Å². The predicted octanol–water partition coefficient (Wildman–Crippen LogP) is 3.47.